The van der Waals surface area contributed by atoms with E-state index >= 15 is 0 Å². The van der Waals surface area contributed by atoms with Crippen LogP contribution in [0.5, 0.6) is 0 Å². The topological polar surface area (TPSA) is 77.2 Å². The molecular weight excluding hydrogens is 342 g/mol. The molecule has 1 saturated carbocycles. The van der Waals surface area contributed by atoms with E-state index in [9.17, 15) is 4.79 Å². The molecule has 1 amide bonds. The molecule has 0 radical (unpaired) electrons. The predicted molar refractivity (Wildman–Crippen MR) is 91.3 cm³/mol. The van der Waals surface area contributed by atoms with Crippen molar-refractivity contribution in [3.63, 3.8) is 0 Å². The van der Waals surface area contributed by atoms with Gasteiger partial charge in [-0.05, 0) is 43.4 Å². The summed E-state index contributed by atoms with van der Waals surface area (Å²) < 4.78 is 10.8. The molecule has 0 spiro atoms. The third kappa shape index (κ3) is 3.41. The summed E-state index contributed by atoms with van der Waals surface area (Å²) in [4.78, 5) is 17.0. The minimum Gasteiger partial charge on any atom is -0.368 e. The van der Waals surface area contributed by atoms with Crippen LogP contribution in [0.2, 0.25) is 5.02 Å². The molecule has 2 fully saturated rings. The fourth-order valence-electron chi connectivity index (χ4n) is 3.27. The van der Waals surface area contributed by atoms with Crippen molar-refractivity contribution in [3.8, 4) is 0 Å². The molecule has 1 aliphatic carbocycles. The van der Waals surface area contributed by atoms with Crippen LogP contribution in [0.3, 0.4) is 0 Å². The van der Waals surface area contributed by atoms with E-state index in [0.29, 0.717) is 29.7 Å². The third-order valence-corrected chi connectivity index (χ3v) is 5.16. The van der Waals surface area contributed by atoms with E-state index in [1.54, 1.807) is 0 Å². The van der Waals surface area contributed by atoms with Crippen LogP contribution in [0, 0.1) is 0 Å². The quantitative estimate of drug-likeness (QED) is 0.855. The molecule has 2 aromatic rings. The first-order chi connectivity index (χ1) is 12.2. The van der Waals surface area contributed by atoms with Gasteiger partial charge in [-0.2, -0.15) is 4.98 Å². The summed E-state index contributed by atoms with van der Waals surface area (Å²) in [6, 6.07) is 7.52. The third-order valence-electron chi connectivity index (χ3n) is 4.90. The summed E-state index contributed by atoms with van der Waals surface area (Å²) >= 11 is 5.93. The van der Waals surface area contributed by atoms with Crippen molar-refractivity contribution in [2.45, 2.75) is 43.6 Å². The van der Waals surface area contributed by atoms with Crippen LogP contribution in [0.25, 0.3) is 0 Å². The lowest BCUT2D eigenvalue weighted by molar-refractivity contribution is -0.123. The van der Waals surface area contributed by atoms with Gasteiger partial charge in [0.05, 0.1) is 5.41 Å². The lowest BCUT2D eigenvalue weighted by atomic mass is 9.95. The second kappa shape index (κ2) is 6.77. The highest BCUT2D eigenvalue weighted by atomic mass is 35.5. The fourth-order valence-corrected chi connectivity index (χ4v) is 3.40. The van der Waals surface area contributed by atoms with Crippen molar-refractivity contribution >= 4 is 17.5 Å². The van der Waals surface area contributed by atoms with E-state index in [-0.39, 0.29) is 12.0 Å². The van der Waals surface area contributed by atoms with Gasteiger partial charge in [0.2, 0.25) is 5.91 Å². The van der Waals surface area contributed by atoms with Crippen LogP contribution in [0.1, 0.15) is 49.1 Å². The molecule has 1 aromatic heterocycles. The number of hydrogen-bond donors (Lipinski definition) is 1. The smallest absolute Gasteiger partial charge is 0.255 e. The second-order valence-electron chi connectivity index (χ2n) is 6.65. The van der Waals surface area contributed by atoms with Gasteiger partial charge in [0.15, 0.2) is 5.82 Å². The van der Waals surface area contributed by atoms with Crippen molar-refractivity contribution in [3.05, 3.63) is 46.6 Å². The van der Waals surface area contributed by atoms with E-state index < -0.39 is 5.41 Å². The average molecular weight is 362 g/mol. The van der Waals surface area contributed by atoms with Crippen LogP contribution in [-0.2, 0) is 21.4 Å². The van der Waals surface area contributed by atoms with Gasteiger partial charge in [-0.15, -0.1) is 0 Å². The summed E-state index contributed by atoms with van der Waals surface area (Å²) in [7, 11) is 0. The number of carbonyl (C=O) groups is 1. The van der Waals surface area contributed by atoms with Crippen LogP contribution in [-0.4, -0.2) is 29.2 Å². The van der Waals surface area contributed by atoms with E-state index in [1.165, 1.54) is 0 Å². The standard InChI is InChI=1S/C18H20ClN3O3/c19-13-5-3-12(4-6-13)18(8-9-18)17(23)20-10-7-15-21-16(25-22-15)14-2-1-11-24-14/h3-6,14H,1-2,7-11H2,(H,20,23). The second-order valence-corrected chi connectivity index (χ2v) is 7.08. The predicted octanol–water partition coefficient (Wildman–Crippen LogP) is 2.97. The molecule has 1 atom stereocenters. The van der Waals surface area contributed by atoms with Gasteiger partial charge < -0.3 is 14.6 Å². The van der Waals surface area contributed by atoms with Gasteiger partial charge in [-0.3, -0.25) is 4.79 Å². The monoisotopic (exact) mass is 361 g/mol. The molecule has 4 rings (SSSR count). The molecular formula is C18H20ClN3O3. The molecule has 0 bridgehead atoms. The lowest BCUT2D eigenvalue weighted by Gasteiger charge is -2.15. The zero-order valence-corrected chi connectivity index (χ0v) is 14.6. The number of amides is 1. The Bertz CT molecular complexity index is 749. The van der Waals surface area contributed by atoms with E-state index in [4.69, 9.17) is 20.9 Å². The summed E-state index contributed by atoms with van der Waals surface area (Å²) in [5.41, 5.74) is 0.625. The van der Waals surface area contributed by atoms with Crippen LogP contribution in [0.15, 0.2) is 28.8 Å². The SMILES string of the molecule is O=C(NCCc1noc(C2CCCO2)n1)C1(c2ccc(Cl)cc2)CC1. The first kappa shape index (κ1) is 16.5. The van der Waals surface area contributed by atoms with Crippen molar-refractivity contribution in [1.82, 2.24) is 15.5 Å². The van der Waals surface area contributed by atoms with Crippen molar-refractivity contribution < 1.29 is 14.1 Å². The van der Waals surface area contributed by atoms with Crippen LogP contribution in [0.4, 0.5) is 0 Å². The summed E-state index contributed by atoms with van der Waals surface area (Å²) in [6.45, 7) is 1.23. The summed E-state index contributed by atoms with van der Waals surface area (Å²) in [5, 5.41) is 7.65. The minimum absolute atomic E-state index is 0.0534. The molecule has 2 aliphatic rings. The lowest BCUT2D eigenvalue weighted by Crippen LogP contribution is -2.36. The molecule has 7 heteroatoms. The Hall–Kier alpha value is -1.92. The highest BCUT2D eigenvalue weighted by molar-refractivity contribution is 6.30. The first-order valence-corrected chi connectivity index (χ1v) is 9.04. The Morgan fingerprint density at radius 2 is 2.12 bits per heavy atom. The number of carbonyl (C=O) groups excluding carboxylic acids is 1. The number of ether oxygens (including phenoxy) is 1. The summed E-state index contributed by atoms with van der Waals surface area (Å²) in [6.07, 6.45) is 4.14. The van der Waals surface area contributed by atoms with Gasteiger partial charge in [0.1, 0.15) is 6.10 Å². The van der Waals surface area contributed by atoms with Gasteiger partial charge >= 0.3 is 0 Å². The maximum absolute atomic E-state index is 12.6. The zero-order chi connectivity index (χ0) is 17.3. The Labute approximate surface area is 150 Å². The molecule has 25 heavy (non-hydrogen) atoms. The Morgan fingerprint density at radius 3 is 2.80 bits per heavy atom. The number of aromatic nitrogens is 2. The highest BCUT2D eigenvalue weighted by Crippen LogP contribution is 2.48. The number of rotatable bonds is 6. The number of nitrogens with one attached hydrogen (secondary N) is 1. The first-order valence-electron chi connectivity index (χ1n) is 8.66. The van der Waals surface area contributed by atoms with Crippen molar-refractivity contribution in [1.29, 1.82) is 0 Å². The van der Waals surface area contributed by atoms with E-state index in [2.05, 4.69) is 15.5 Å². The normalized spacial score (nSPS) is 21.2. The van der Waals surface area contributed by atoms with Gasteiger partial charge in [0, 0.05) is 24.6 Å². The molecule has 1 N–H and O–H groups in total. The van der Waals surface area contributed by atoms with Crippen LogP contribution < -0.4 is 5.32 Å². The molecule has 132 valence electrons. The van der Waals surface area contributed by atoms with Crippen molar-refractivity contribution in [2.24, 2.45) is 0 Å². The maximum Gasteiger partial charge on any atom is 0.255 e. The van der Waals surface area contributed by atoms with Crippen molar-refractivity contribution in [2.75, 3.05) is 13.2 Å². The summed E-state index contributed by atoms with van der Waals surface area (Å²) in [5.74, 6) is 1.19. The van der Waals surface area contributed by atoms with E-state index in [0.717, 1.165) is 37.9 Å². The maximum atomic E-state index is 12.6. The number of benzene rings is 1. The Balaban J connectivity index is 1.31. The van der Waals surface area contributed by atoms with E-state index in [1.807, 2.05) is 24.3 Å². The molecule has 1 saturated heterocycles. The Kier molecular flexibility index (Phi) is 4.48. The fraction of sp³-hybridized carbons (Fsp3) is 0.500. The van der Waals surface area contributed by atoms with Gasteiger partial charge in [0.25, 0.3) is 5.89 Å². The molecule has 2 heterocycles. The van der Waals surface area contributed by atoms with Crippen LogP contribution >= 0.6 is 11.6 Å². The number of nitrogens with zero attached hydrogens (tertiary/aromatic N) is 2. The number of hydrogen-bond acceptors (Lipinski definition) is 5. The molecule has 6 nitrogen and oxygen atoms in total. The molecule has 1 aliphatic heterocycles. The number of halogens is 1. The Morgan fingerprint density at radius 1 is 1.32 bits per heavy atom. The minimum atomic E-state index is -0.398. The van der Waals surface area contributed by atoms with Gasteiger partial charge in [-0.25, -0.2) is 0 Å². The van der Waals surface area contributed by atoms with Gasteiger partial charge in [-0.1, -0.05) is 28.9 Å². The molecule has 1 unspecified atom stereocenters. The molecule has 1 aromatic carbocycles. The zero-order valence-electron chi connectivity index (χ0n) is 13.8. The highest BCUT2D eigenvalue weighted by Gasteiger charge is 2.50. The average Bonchev–Trinajstić information content (AvgIpc) is 3.04. The largest absolute Gasteiger partial charge is 0.368 e.